The molecule has 0 N–H and O–H groups in total. The molecule has 0 atom stereocenters. The van der Waals surface area contributed by atoms with Crippen molar-refractivity contribution in [1.82, 2.24) is 9.80 Å². The maximum Gasteiger partial charge on any atom is 0.327 e. The van der Waals surface area contributed by atoms with E-state index in [2.05, 4.69) is 0 Å². The molecule has 0 aromatic rings. The number of carbonyl (C=O) groups is 2. The van der Waals surface area contributed by atoms with Gasteiger partial charge in [-0.3, -0.25) is 9.69 Å². The molecule has 2 rings (SSSR count). The molecule has 0 radical (unpaired) electrons. The molecule has 1 aliphatic heterocycles. The Labute approximate surface area is 82.6 Å². The van der Waals surface area contributed by atoms with Crippen LogP contribution in [0.15, 0.2) is 0 Å². The summed E-state index contributed by atoms with van der Waals surface area (Å²) in [5.74, 6) is -0.0615. The van der Waals surface area contributed by atoms with E-state index in [-0.39, 0.29) is 24.5 Å². The van der Waals surface area contributed by atoms with Crippen molar-refractivity contribution in [3.8, 4) is 0 Å². The van der Waals surface area contributed by atoms with Crippen LogP contribution in [0.2, 0.25) is 0 Å². The lowest BCUT2D eigenvalue weighted by molar-refractivity contribution is -0.125. The van der Waals surface area contributed by atoms with Crippen molar-refractivity contribution in [3.05, 3.63) is 0 Å². The lowest BCUT2D eigenvalue weighted by Crippen LogP contribution is -2.35. The molecule has 1 saturated carbocycles. The van der Waals surface area contributed by atoms with E-state index in [1.807, 2.05) is 0 Å². The number of rotatable bonds is 4. The van der Waals surface area contributed by atoms with Gasteiger partial charge in [0, 0.05) is 19.7 Å². The molecule has 78 valence electrons. The van der Waals surface area contributed by atoms with Gasteiger partial charge in [-0.2, -0.15) is 0 Å². The predicted octanol–water partition coefficient (Wildman–Crippen LogP) is 0.0594. The maximum atomic E-state index is 11.7. The molecule has 2 fully saturated rings. The SMILES string of the molecule is COCCN1CC(=O)N(C2CC2)C1=O. The Bertz CT molecular complexity index is 263. The topological polar surface area (TPSA) is 49.9 Å². The van der Waals surface area contributed by atoms with Crippen molar-refractivity contribution < 1.29 is 14.3 Å². The highest BCUT2D eigenvalue weighted by molar-refractivity contribution is 6.02. The molecule has 1 heterocycles. The van der Waals surface area contributed by atoms with E-state index in [9.17, 15) is 9.59 Å². The van der Waals surface area contributed by atoms with Gasteiger partial charge in [-0.25, -0.2) is 4.79 Å². The Morgan fingerprint density at radius 1 is 1.43 bits per heavy atom. The number of methoxy groups -OCH3 is 1. The van der Waals surface area contributed by atoms with Crippen molar-refractivity contribution in [3.63, 3.8) is 0 Å². The molecule has 14 heavy (non-hydrogen) atoms. The molecule has 0 bridgehead atoms. The number of hydrogen-bond donors (Lipinski definition) is 0. The number of nitrogens with zero attached hydrogens (tertiary/aromatic N) is 2. The Morgan fingerprint density at radius 2 is 2.14 bits per heavy atom. The largest absolute Gasteiger partial charge is 0.383 e. The van der Waals surface area contributed by atoms with E-state index < -0.39 is 0 Å². The molecule has 0 unspecified atom stereocenters. The van der Waals surface area contributed by atoms with Crippen LogP contribution in [0.3, 0.4) is 0 Å². The Hall–Kier alpha value is -1.10. The second-order valence-corrected chi connectivity index (χ2v) is 3.69. The van der Waals surface area contributed by atoms with Gasteiger partial charge in [0.1, 0.15) is 6.54 Å². The summed E-state index contributed by atoms with van der Waals surface area (Å²) in [5, 5.41) is 0. The molecule has 0 spiro atoms. The van der Waals surface area contributed by atoms with Gasteiger partial charge >= 0.3 is 6.03 Å². The number of amides is 3. The fraction of sp³-hybridized carbons (Fsp3) is 0.778. The van der Waals surface area contributed by atoms with E-state index in [1.54, 1.807) is 12.0 Å². The molecule has 0 aromatic carbocycles. The smallest absolute Gasteiger partial charge is 0.327 e. The van der Waals surface area contributed by atoms with E-state index in [0.29, 0.717) is 13.2 Å². The first kappa shape index (κ1) is 9.45. The minimum Gasteiger partial charge on any atom is -0.383 e. The molecule has 1 aliphatic carbocycles. The Morgan fingerprint density at radius 3 is 2.71 bits per heavy atom. The molecular formula is C9H14N2O3. The third-order valence-corrected chi connectivity index (χ3v) is 2.55. The second-order valence-electron chi connectivity index (χ2n) is 3.69. The van der Waals surface area contributed by atoms with E-state index >= 15 is 0 Å². The lowest BCUT2D eigenvalue weighted by Gasteiger charge is -2.15. The van der Waals surface area contributed by atoms with Gasteiger partial charge in [0.05, 0.1) is 6.61 Å². The number of imide groups is 1. The zero-order chi connectivity index (χ0) is 10.1. The van der Waals surface area contributed by atoms with Crippen LogP contribution in [0.25, 0.3) is 0 Å². The number of ether oxygens (including phenoxy) is 1. The zero-order valence-corrected chi connectivity index (χ0v) is 8.23. The van der Waals surface area contributed by atoms with Crippen molar-refractivity contribution >= 4 is 11.9 Å². The van der Waals surface area contributed by atoms with Crippen LogP contribution in [0.5, 0.6) is 0 Å². The average molecular weight is 198 g/mol. The monoisotopic (exact) mass is 198 g/mol. The first-order chi connectivity index (χ1) is 6.74. The second kappa shape index (κ2) is 3.57. The minimum absolute atomic E-state index is 0.0615. The van der Waals surface area contributed by atoms with Gasteiger partial charge in [0.15, 0.2) is 0 Å². The van der Waals surface area contributed by atoms with E-state index in [1.165, 1.54) is 4.90 Å². The summed E-state index contributed by atoms with van der Waals surface area (Å²) in [6, 6.07) is 0.0390. The molecule has 3 amide bonds. The molecule has 1 saturated heterocycles. The first-order valence-electron chi connectivity index (χ1n) is 4.84. The normalized spacial score (nSPS) is 22.4. The van der Waals surface area contributed by atoms with Crippen molar-refractivity contribution in [2.24, 2.45) is 0 Å². The van der Waals surface area contributed by atoms with Crippen LogP contribution >= 0.6 is 0 Å². The zero-order valence-electron chi connectivity index (χ0n) is 8.23. The summed E-state index contributed by atoms with van der Waals surface area (Å²) < 4.78 is 4.87. The molecule has 2 aliphatic rings. The first-order valence-corrected chi connectivity index (χ1v) is 4.84. The van der Waals surface area contributed by atoms with Crippen molar-refractivity contribution in [1.29, 1.82) is 0 Å². The van der Waals surface area contributed by atoms with Gasteiger partial charge in [-0.05, 0) is 12.8 Å². The van der Waals surface area contributed by atoms with Crippen LogP contribution in [0.4, 0.5) is 4.79 Å². The highest BCUT2D eigenvalue weighted by atomic mass is 16.5. The average Bonchev–Trinajstić information content (AvgIpc) is 2.92. The number of carbonyl (C=O) groups excluding carboxylic acids is 2. The van der Waals surface area contributed by atoms with Gasteiger partial charge in [-0.1, -0.05) is 0 Å². The third-order valence-electron chi connectivity index (χ3n) is 2.55. The maximum absolute atomic E-state index is 11.7. The summed E-state index contributed by atoms with van der Waals surface area (Å²) in [6.07, 6.45) is 1.94. The summed E-state index contributed by atoms with van der Waals surface area (Å²) in [4.78, 5) is 26.1. The van der Waals surface area contributed by atoms with Gasteiger partial charge in [0.25, 0.3) is 5.91 Å². The summed E-state index contributed by atoms with van der Waals surface area (Å²) in [6.45, 7) is 1.21. The summed E-state index contributed by atoms with van der Waals surface area (Å²) in [5.41, 5.74) is 0. The Kier molecular flexibility index (Phi) is 2.41. The molecule has 5 heteroatoms. The van der Waals surface area contributed by atoms with Crippen LogP contribution < -0.4 is 0 Å². The highest BCUT2D eigenvalue weighted by Gasteiger charge is 2.44. The van der Waals surface area contributed by atoms with Crippen LogP contribution in [0, 0.1) is 0 Å². The van der Waals surface area contributed by atoms with Crippen molar-refractivity contribution in [2.45, 2.75) is 18.9 Å². The fourth-order valence-corrected chi connectivity index (χ4v) is 1.63. The van der Waals surface area contributed by atoms with Crippen LogP contribution in [0.1, 0.15) is 12.8 Å². The number of hydrogen-bond acceptors (Lipinski definition) is 3. The van der Waals surface area contributed by atoms with Gasteiger partial charge in [0.2, 0.25) is 0 Å². The third kappa shape index (κ3) is 1.59. The number of urea groups is 1. The van der Waals surface area contributed by atoms with Gasteiger partial charge in [-0.15, -0.1) is 0 Å². The van der Waals surface area contributed by atoms with Crippen molar-refractivity contribution in [2.75, 3.05) is 26.8 Å². The molecule has 5 nitrogen and oxygen atoms in total. The summed E-state index contributed by atoms with van der Waals surface area (Å²) >= 11 is 0. The predicted molar refractivity (Wildman–Crippen MR) is 48.7 cm³/mol. The molecule has 0 aromatic heterocycles. The minimum atomic E-state index is -0.144. The Balaban J connectivity index is 1.96. The van der Waals surface area contributed by atoms with E-state index in [0.717, 1.165) is 12.8 Å². The standard InChI is InChI=1S/C9H14N2O3/c1-14-5-4-10-6-8(12)11(9(10)13)7-2-3-7/h7H,2-6H2,1H3. The van der Waals surface area contributed by atoms with Crippen LogP contribution in [-0.2, 0) is 9.53 Å². The van der Waals surface area contributed by atoms with Gasteiger partial charge < -0.3 is 9.64 Å². The fourth-order valence-electron chi connectivity index (χ4n) is 1.63. The van der Waals surface area contributed by atoms with E-state index in [4.69, 9.17) is 4.74 Å². The lowest BCUT2D eigenvalue weighted by atomic mass is 10.5. The highest BCUT2D eigenvalue weighted by Crippen LogP contribution is 2.30. The summed E-state index contributed by atoms with van der Waals surface area (Å²) in [7, 11) is 1.58. The molecular weight excluding hydrogens is 184 g/mol. The van der Waals surface area contributed by atoms with Crippen LogP contribution in [-0.4, -0.2) is 54.6 Å². The quantitative estimate of drug-likeness (QED) is 0.600.